The molecule has 1 aromatic heterocycles. The second-order valence-corrected chi connectivity index (χ2v) is 7.47. The van der Waals surface area contributed by atoms with Crippen LogP contribution >= 0.6 is 27.7 Å². The van der Waals surface area contributed by atoms with Crippen LogP contribution in [0.2, 0.25) is 0 Å². The van der Waals surface area contributed by atoms with Gasteiger partial charge in [-0.05, 0) is 28.1 Å². The topological polar surface area (TPSA) is 76.9 Å². The molecule has 20 heavy (non-hydrogen) atoms. The number of rotatable bonds is 6. The van der Waals surface area contributed by atoms with E-state index in [0.29, 0.717) is 12.3 Å². The molecule has 0 atom stereocenters. The van der Waals surface area contributed by atoms with Crippen molar-refractivity contribution in [2.24, 2.45) is 7.05 Å². The molecule has 0 saturated carbocycles. The van der Waals surface area contributed by atoms with Gasteiger partial charge >= 0.3 is 0 Å². The summed E-state index contributed by atoms with van der Waals surface area (Å²) in [6.45, 7) is 0.333. The number of nitrogens with one attached hydrogen (secondary N) is 1. The molecule has 0 aliphatic carbocycles. The van der Waals surface area contributed by atoms with Crippen molar-refractivity contribution in [3.63, 3.8) is 0 Å². The van der Waals surface area contributed by atoms with E-state index < -0.39 is 10.0 Å². The molecule has 0 aliphatic rings. The first-order chi connectivity index (χ1) is 9.50. The van der Waals surface area contributed by atoms with Crippen LogP contribution in [0.4, 0.5) is 0 Å². The Labute approximate surface area is 130 Å². The van der Waals surface area contributed by atoms with Crippen molar-refractivity contribution < 1.29 is 8.42 Å². The second kappa shape index (κ2) is 6.70. The minimum atomic E-state index is -3.60. The average molecular weight is 377 g/mol. The molecule has 6 nitrogen and oxygen atoms in total. The highest BCUT2D eigenvalue weighted by Gasteiger charge is 2.23. The van der Waals surface area contributed by atoms with Gasteiger partial charge < -0.3 is 0 Å². The third kappa shape index (κ3) is 3.81. The summed E-state index contributed by atoms with van der Waals surface area (Å²) < 4.78 is 28.2. The number of nitrogens with zero attached hydrogens (tertiary/aromatic N) is 3. The van der Waals surface area contributed by atoms with Gasteiger partial charge in [-0.3, -0.25) is 0 Å². The molecule has 0 radical (unpaired) electrons. The number of sulfonamides is 1. The maximum atomic E-state index is 12.1. The van der Waals surface area contributed by atoms with Crippen molar-refractivity contribution in [3.8, 4) is 0 Å². The third-order valence-corrected chi connectivity index (χ3v) is 5.76. The maximum Gasteiger partial charge on any atom is 0.260 e. The van der Waals surface area contributed by atoms with Gasteiger partial charge in [0.15, 0.2) is 4.60 Å². The number of aromatic nitrogens is 3. The summed E-state index contributed by atoms with van der Waals surface area (Å²) in [6, 6.07) is 9.82. The molecule has 2 aromatic rings. The van der Waals surface area contributed by atoms with Gasteiger partial charge in [-0.25, -0.2) is 17.8 Å². The van der Waals surface area contributed by atoms with E-state index in [2.05, 4.69) is 31.0 Å². The van der Waals surface area contributed by atoms with E-state index in [0.717, 1.165) is 4.90 Å². The summed E-state index contributed by atoms with van der Waals surface area (Å²) in [5.41, 5.74) is 0. The van der Waals surface area contributed by atoms with Crippen LogP contribution in [-0.4, -0.2) is 35.7 Å². The van der Waals surface area contributed by atoms with Crippen LogP contribution in [0.1, 0.15) is 0 Å². The number of thioether (sulfide) groups is 1. The predicted octanol–water partition coefficient (Wildman–Crippen LogP) is 1.65. The summed E-state index contributed by atoms with van der Waals surface area (Å²) >= 11 is 4.67. The molecule has 1 aromatic carbocycles. The standard InChI is InChI=1S/C11H13BrN4O2S2/c1-16-11(10(12)14-15-16)20(17,18)13-7-8-19-9-5-3-2-4-6-9/h2-6,13H,7-8H2,1H3. The molecule has 1 N–H and O–H groups in total. The Bertz CT molecular complexity index is 653. The fourth-order valence-electron chi connectivity index (χ4n) is 1.54. The zero-order valence-electron chi connectivity index (χ0n) is 10.7. The number of hydrogen-bond donors (Lipinski definition) is 1. The molecule has 108 valence electrons. The van der Waals surface area contributed by atoms with Crippen molar-refractivity contribution in [2.75, 3.05) is 12.3 Å². The summed E-state index contributed by atoms with van der Waals surface area (Å²) in [4.78, 5) is 1.11. The van der Waals surface area contributed by atoms with E-state index in [1.54, 1.807) is 11.8 Å². The van der Waals surface area contributed by atoms with Crippen LogP contribution in [0.15, 0.2) is 44.9 Å². The number of hydrogen-bond acceptors (Lipinski definition) is 5. The fraction of sp³-hybridized carbons (Fsp3) is 0.273. The molecule has 0 spiro atoms. The van der Waals surface area contributed by atoms with Gasteiger partial charge in [-0.1, -0.05) is 23.4 Å². The highest BCUT2D eigenvalue weighted by atomic mass is 79.9. The Balaban J connectivity index is 1.91. The first-order valence-corrected chi connectivity index (χ1v) is 8.99. The van der Waals surface area contributed by atoms with Crippen LogP contribution in [0.25, 0.3) is 0 Å². The van der Waals surface area contributed by atoms with Gasteiger partial charge in [0.2, 0.25) is 5.03 Å². The molecule has 0 saturated heterocycles. The highest BCUT2D eigenvalue weighted by molar-refractivity contribution is 9.10. The van der Waals surface area contributed by atoms with Crippen LogP contribution in [0.5, 0.6) is 0 Å². The van der Waals surface area contributed by atoms with Gasteiger partial charge in [0.25, 0.3) is 10.0 Å². The lowest BCUT2D eigenvalue weighted by atomic mass is 10.4. The SMILES string of the molecule is Cn1nnc(Br)c1S(=O)(=O)NCCSc1ccccc1. The molecule has 1 heterocycles. The average Bonchev–Trinajstić information content (AvgIpc) is 2.76. The van der Waals surface area contributed by atoms with Gasteiger partial charge in [0.1, 0.15) is 0 Å². The summed E-state index contributed by atoms with van der Waals surface area (Å²) in [5.74, 6) is 0.645. The first kappa shape index (κ1) is 15.5. The van der Waals surface area contributed by atoms with E-state index >= 15 is 0 Å². The van der Waals surface area contributed by atoms with E-state index in [1.165, 1.54) is 11.7 Å². The smallest absolute Gasteiger partial charge is 0.235 e. The Kier molecular flexibility index (Phi) is 5.19. The summed E-state index contributed by atoms with van der Waals surface area (Å²) in [7, 11) is -2.07. The largest absolute Gasteiger partial charge is 0.260 e. The Morgan fingerprint density at radius 1 is 1.35 bits per heavy atom. The Morgan fingerprint density at radius 3 is 2.65 bits per heavy atom. The van der Waals surface area contributed by atoms with Crippen molar-refractivity contribution in [3.05, 3.63) is 34.9 Å². The third-order valence-electron chi connectivity index (χ3n) is 2.40. The Hall–Kier alpha value is -0.900. The number of aryl methyl sites for hydroxylation is 1. The molecular weight excluding hydrogens is 364 g/mol. The first-order valence-electron chi connectivity index (χ1n) is 5.73. The molecule has 0 bridgehead atoms. The molecule has 9 heteroatoms. The summed E-state index contributed by atoms with van der Waals surface area (Å²) in [6.07, 6.45) is 0. The lowest BCUT2D eigenvalue weighted by Gasteiger charge is -2.06. The van der Waals surface area contributed by atoms with E-state index in [1.807, 2.05) is 30.3 Å². The minimum absolute atomic E-state index is 0.0298. The summed E-state index contributed by atoms with van der Waals surface area (Å²) in [5, 5.41) is 7.35. The zero-order chi connectivity index (χ0) is 14.6. The van der Waals surface area contributed by atoms with E-state index in [9.17, 15) is 8.42 Å². The van der Waals surface area contributed by atoms with Crippen LogP contribution in [-0.2, 0) is 17.1 Å². The molecule has 0 amide bonds. The van der Waals surface area contributed by atoms with Crippen molar-refractivity contribution in [2.45, 2.75) is 9.92 Å². The maximum absolute atomic E-state index is 12.1. The van der Waals surface area contributed by atoms with Crippen LogP contribution < -0.4 is 4.72 Å². The van der Waals surface area contributed by atoms with Gasteiger partial charge in [-0.2, -0.15) is 0 Å². The Morgan fingerprint density at radius 2 is 2.05 bits per heavy atom. The lowest BCUT2D eigenvalue weighted by molar-refractivity contribution is 0.562. The quantitative estimate of drug-likeness (QED) is 0.612. The molecule has 2 rings (SSSR count). The van der Waals surface area contributed by atoms with Gasteiger partial charge in [-0.15, -0.1) is 16.9 Å². The number of benzene rings is 1. The van der Waals surface area contributed by atoms with E-state index in [-0.39, 0.29) is 9.63 Å². The lowest BCUT2D eigenvalue weighted by Crippen LogP contribution is -2.28. The second-order valence-electron chi connectivity index (χ2n) is 3.87. The molecular formula is C11H13BrN4O2S2. The predicted molar refractivity (Wildman–Crippen MR) is 81.1 cm³/mol. The van der Waals surface area contributed by atoms with E-state index in [4.69, 9.17) is 0 Å². The molecule has 0 aliphatic heterocycles. The van der Waals surface area contributed by atoms with Crippen LogP contribution in [0, 0.1) is 0 Å². The zero-order valence-corrected chi connectivity index (χ0v) is 13.9. The van der Waals surface area contributed by atoms with Crippen molar-refractivity contribution in [1.29, 1.82) is 0 Å². The van der Waals surface area contributed by atoms with Crippen LogP contribution in [0.3, 0.4) is 0 Å². The fourth-order valence-corrected chi connectivity index (χ4v) is 4.58. The normalized spacial score (nSPS) is 11.7. The van der Waals surface area contributed by atoms with Gasteiger partial charge in [0.05, 0.1) is 0 Å². The van der Waals surface area contributed by atoms with Gasteiger partial charge in [0, 0.05) is 24.2 Å². The number of halogens is 1. The molecule has 0 unspecified atom stereocenters. The minimum Gasteiger partial charge on any atom is -0.235 e. The highest BCUT2D eigenvalue weighted by Crippen LogP contribution is 2.18. The van der Waals surface area contributed by atoms with Crippen molar-refractivity contribution in [1.82, 2.24) is 19.7 Å². The monoisotopic (exact) mass is 376 g/mol. The molecule has 0 fully saturated rings. The van der Waals surface area contributed by atoms with Crippen molar-refractivity contribution >= 4 is 37.7 Å².